The van der Waals surface area contributed by atoms with Gasteiger partial charge in [0.25, 0.3) is 0 Å². The molecule has 0 amide bonds. The van der Waals surface area contributed by atoms with E-state index < -0.39 is 0 Å². The van der Waals surface area contributed by atoms with Crippen molar-refractivity contribution >= 4 is 55.2 Å². The predicted octanol–water partition coefficient (Wildman–Crippen LogP) is 18.9. The second-order valence-electron chi connectivity index (χ2n) is 19.0. The molecule has 0 unspecified atom stereocenters. The molecule has 0 N–H and O–H groups in total. The molecule has 0 radical (unpaired) electrons. The Hall–Kier alpha value is -8.72. The van der Waals surface area contributed by atoms with Crippen molar-refractivity contribution in [2.75, 3.05) is 4.90 Å². The Morgan fingerprint density at radius 2 is 0.986 bits per heavy atom. The van der Waals surface area contributed by atoms with Gasteiger partial charge < -0.3 is 9.47 Å². The van der Waals surface area contributed by atoms with E-state index in [1.165, 1.54) is 93.8 Å². The minimum absolute atomic E-state index is 0.168. The first kappa shape index (κ1) is 42.6. The highest BCUT2D eigenvalue weighted by atomic mass is 15.1. The molecule has 12 rings (SSSR count). The van der Waals surface area contributed by atoms with Gasteiger partial charge in [0.2, 0.25) is 0 Å². The Labute approximate surface area is 411 Å². The first-order chi connectivity index (χ1) is 34.3. The van der Waals surface area contributed by atoms with Gasteiger partial charge in [-0.05, 0) is 151 Å². The molecule has 0 spiro atoms. The molecule has 0 aliphatic heterocycles. The number of nitrogens with zero attached hydrogens (tertiary/aromatic N) is 2. The summed E-state index contributed by atoms with van der Waals surface area (Å²) in [6, 6.07) is 84.5. The van der Waals surface area contributed by atoms with Crippen LogP contribution in [0.15, 0.2) is 261 Å². The zero-order chi connectivity index (χ0) is 47.3. The second kappa shape index (κ2) is 17.4. The van der Waals surface area contributed by atoms with Gasteiger partial charge in [-0.3, -0.25) is 0 Å². The predicted molar refractivity (Wildman–Crippen MR) is 300 cm³/mol. The maximum atomic E-state index is 3.96. The van der Waals surface area contributed by atoms with E-state index in [0.717, 1.165) is 28.3 Å². The highest BCUT2D eigenvalue weighted by Crippen LogP contribution is 2.49. The van der Waals surface area contributed by atoms with E-state index >= 15 is 0 Å². The first-order valence-electron chi connectivity index (χ1n) is 24.3. The van der Waals surface area contributed by atoms with E-state index in [1.807, 2.05) is 6.08 Å². The molecule has 70 heavy (non-hydrogen) atoms. The number of anilines is 3. The molecule has 1 aliphatic rings. The van der Waals surface area contributed by atoms with E-state index in [2.05, 4.69) is 279 Å². The fourth-order valence-electron chi connectivity index (χ4n) is 11.0. The smallest absolute Gasteiger partial charge is 0.0541 e. The Kier molecular flexibility index (Phi) is 10.6. The Balaban J connectivity index is 0.896. The van der Waals surface area contributed by atoms with Crippen LogP contribution in [0.25, 0.3) is 88.3 Å². The van der Waals surface area contributed by atoms with Gasteiger partial charge in [-0.1, -0.05) is 202 Å². The summed E-state index contributed by atoms with van der Waals surface area (Å²) >= 11 is 0. The van der Waals surface area contributed by atoms with E-state index in [1.54, 1.807) is 0 Å². The minimum Gasteiger partial charge on any atom is -0.310 e. The van der Waals surface area contributed by atoms with Crippen molar-refractivity contribution in [3.05, 3.63) is 272 Å². The average molecular weight is 897 g/mol. The maximum Gasteiger partial charge on any atom is 0.0541 e. The quantitative estimate of drug-likeness (QED) is 0.124. The molecular weight excluding hydrogens is 845 g/mol. The largest absolute Gasteiger partial charge is 0.310 e. The molecule has 10 aromatic carbocycles. The Morgan fingerprint density at radius 1 is 0.429 bits per heavy atom. The lowest BCUT2D eigenvalue weighted by Crippen LogP contribution is -2.17. The van der Waals surface area contributed by atoms with Crippen LogP contribution in [0.1, 0.15) is 31.9 Å². The van der Waals surface area contributed by atoms with Crippen LogP contribution in [0.3, 0.4) is 0 Å². The lowest BCUT2D eigenvalue weighted by Gasteiger charge is -2.29. The third-order valence-corrected chi connectivity index (χ3v) is 14.6. The first-order valence-corrected chi connectivity index (χ1v) is 24.3. The molecule has 0 bridgehead atoms. The molecule has 11 aromatic rings. The fourth-order valence-corrected chi connectivity index (χ4v) is 11.0. The van der Waals surface area contributed by atoms with Gasteiger partial charge >= 0.3 is 0 Å². The Bertz CT molecular complexity index is 3840. The Morgan fingerprint density at radius 3 is 1.76 bits per heavy atom. The van der Waals surface area contributed by atoms with Crippen LogP contribution in [0, 0.1) is 0 Å². The summed E-state index contributed by atoms with van der Waals surface area (Å²) in [5.41, 5.74) is 21.6. The SMILES string of the molecule is C=C/C=C\C1=C(C)c2ccc(N(c3ccc(-c4cccc5ccccc45)cc3)c3cccc(-c4ccc(-c5ccc6c(c5)c5ccccc5n6-c5ccc(-c6ccccc6)cc5)cc4)c3)cc2C1(C)C. The van der Waals surface area contributed by atoms with Crippen molar-refractivity contribution in [2.24, 2.45) is 0 Å². The molecular formula is C68H52N2. The lowest BCUT2D eigenvalue weighted by atomic mass is 9.80. The van der Waals surface area contributed by atoms with Crippen molar-refractivity contribution in [3.63, 3.8) is 0 Å². The van der Waals surface area contributed by atoms with Gasteiger partial charge in [0.1, 0.15) is 0 Å². The van der Waals surface area contributed by atoms with Crippen LogP contribution in [0.4, 0.5) is 17.1 Å². The molecule has 2 heteroatoms. The van der Waals surface area contributed by atoms with Gasteiger partial charge in [-0.2, -0.15) is 0 Å². The van der Waals surface area contributed by atoms with E-state index in [0.29, 0.717) is 0 Å². The number of hydrogen-bond acceptors (Lipinski definition) is 1. The number of hydrogen-bond donors (Lipinski definition) is 0. The number of allylic oxidation sites excluding steroid dienone is 5. The van der Waals surface area contributed by atoms with Gasteiger partial charge in [0.15, 0.2) is 0 Å². The number of aromatic nitrogens is 1. The fraction of sp³-hybridized carbons (Fsp3) is 0.0588. The summed E-state index contributed by atoms with van der Waals surface area (Å²) in [4.78, 5) is 2.41. The van der Waals surface area contributed by atoms with E-state index in [4.69, 9.17) is 0 Å². The molecule has 0 saturated heterocycles. The maximum absolute atomic E-state index is 3.96. The molecule has 0 fully saturated rings. The third kappa shape index (κ3) is 7.37. The van der Waals surface area contributed by atoms with Gasteiger partial charge in [0.05, 0.1) is 11.0 Å². The topological polar surface area (TPSA) is 8.17 Å². The number of fused-ring (bicyclic) bond motifs is 5. The number of para-hydroxylation sites is 1. The van der Waals surface area contributed by atoms with Gasteiger partial charge in [-0.15, -0.1) is 0 Å². The van der Waals surface area contributed by atoms with Crippen LogP contribution >= 0.6 is 0 Å². The average Bonchev–Trinajstić information content (AvgIpc) is 3.84. The molecule has 1 aromatic heterocycles. The highest BCUT2D eigenvalue weighted by Gasteiger charge is 2.35. The standard InChI is InChI=1S/C68H52N2/c1-5-6-25-64-46(2)59-41-40-58(45-65(59)68(64,3)4)69(55-38-33-52(34-39-55)61-24-15-19-51-18-10-11-22-60(51)61)57-21-14-20-53(43-57)49-27-29-50(30-28-49)54-35-42-67-63(44-54)62-23-12-13-26-66(62)70(67)56-36-31-48(32-37-56)47-16-8-7-9-17-47/h5-45H,1H2,2-4H3/b25-6-. The lowest BCUT2D eigenvalue weighted by molar-refractivity contribution is 0.654. The van der Waals surface area contributed by atoms with Crippen LogP contribution in [0.5, 0.6) is 0 Å². The van der Waals surface area contributed by atoms with Crippen molar-refractivity contribution in [3.8, 4) is 50.2 Å². The summed E-state index contributed by atoms with van der Waals surface area (Å²) in [5, 5.41) is 4.99. The zero-order valence-corrected chi connectivity index (χ0v) is 39.8. The molecule has 0 saturated carbocycles. The normalized spacial score (nSPS) is 13.1. The van der Waals surface area contributed by atoms with E-state index in [9.17, 15) is 0 Å². The van der Waals surface area contributed by atoms with Crippen molar-refractivity contribution in [1.82, 2.24) is 4.57 Å². The molecule has 334 valence electrons. The zero-order valence-electron chi connectivity index (χ0n) is 39.8. The monoisotopic (exact) mass is 896 g/mol. The van der Waals surface area contributed by atoms with Gasteiger partial charge in [-0.25, -0.2) is 0 Å². The summed E-state index contributed by atoms with van der Waals surface area (Å²) in [7, 11) is 0. The van der Waals surface area contributed by atoms with Crippen molar-refractivity contribution in [1.29, 1.82) is 0 Å². The number of rotatable bonds is 10. The van der Waals surface area contributed by atoms with Crippen molar-refractivity contribution < 1.29 is 0 Å². The van der Waals surface area contributed by atoms with E-state index in [-0.39, 0.29) is 5.41 Å². The summed E-state index contributed by atoms with van der Waals surface area (Å²) < 4.78 is 2.39. The third-order valence-electron chi connectivity index (χ3n) is 14.6. The molecule has 2 nitrogen and oxygen atoms in total. The number of benzene rings is 10. The van der Waals surface area contributed by atoms with Crippen LogP contribution in [-0.4, -0.2) is 4.57 Å². The molecule has 1 aliphatic carbocycles. The van der Waals surface area contributed by atoms with Crippen molar-refractivity contribution in [2.45, 2.75) is 26.2 Å². The second-order valence-corrected chi connectivity index (χ2v) is 19.0. The van der Waals surface area contributed by atoms with Crippen LogP contribution in [0.2, 0.25) is 0 Å². The minimum atomic E-state index is -0.168. The molecule has 0 atom stereocenters. The van der Waals surface area contributed by atoms with Gasteiger partial charge in [0, 0.05) is 38.9 Å². The summed E-state index contributed by atoms with van der Waals surface area (Å²) in [6.45, 7) is 10.9. The van der Waals surface area contributed by atoms with Crippen LogP contribution < -0.4 is 4.90 Å². The highest BCUT2D eigenvalue weighted by molar-refractivity contribution is 6.10. The summed E-state index contributed by atoms with van der Waals surface area (Å²) in [5.74, 6) is 0. The van der Waals surface area contributed by atoms with Crippen LogP contribution in [-0.2, 0) is 5.41 Å². The summed E-state index contributed by atoms with van der Waals surface area (Å²) in [6.07, 6.45) is 6.15. The molecule has 1 heterocycles.